The van der Waals surface area contributed by atoms with E-state index in [2.05, 4.69) is 15.6 Å². The SMILES string of the molecule is Cc1nc(Cl)sc1S(=O)(=O)N(C)c1ccc(NC(=O)Nc2ccccc2)cc1. The Morgan fingerprint density at radius 2 is 1.61 bits per heavy atom. The molecule has 0 aliphatic carbocycles. The van der Waals surface area contributed by atoms with Crippen molar-refractivity contribution >= 4 is 56.1 Å². The molecule has 28 heavy (non-hydrogen) atoms. The number of aryl methyl sites for hydroxylation is 1. The van der Waals surface area contributed by atoms with Gasteiger partial charge in [0.05, 0.1) is 11.4 Å². The second-order valence-corrected chi connectivity index (χ2v) is 9.55. The first-order valence-corrected chi connectivity index (χ1v) is 10.8. The molecule has 3 aromatic rings. The fourth-order valence-corrected chi connectivity index (χ4v) is 5.51. The number of amides is 2. The van der Waals surface area contributed by atoms with Gasteiger partial charge in [-0.2, -0.15) is 0 Å². The summed E-state index contributed by atoms with van der Waals surface area (Å²) in [5, 5.41) is 5.40. The number of anilines is 3. The van der Waals surface area contributed by atoms with Crippen molar-refractivity contribution in [3.63, 3.8) is 0 Å². The van der Waals surface area contributed by atoms with Gasteiger partial charge in [-0.15, -0.1) is 0 Å². The minimum Gasteiger partial charge on any atom is -0.308 e. The van der Waals surface area contributed by atoms with Crippen molar-refractivity contribution in [1.29, 1.82) is 0 Å². The molecule has 2 N–H and O–H groups in total. The first-order chi connectivity index (χ1) is 13.3. The van der Waals surface area contributed by atoms with Crippen LogP contribution in [0.1, 0.15) is 5.69 Å². The van der Waals surface area contributed by atoms with Crippen LogP contribution in [0.15, 0.2) is 58.8 Å². The molecule has 1 aromatic heterocycles. The molecule has 0 saturated carbocycles. The molecule has 0 fully saturated rings. The van der Waals surface area contributed by atoms with Crippen LogP contribution in [0.25, 0.3) is 0 Å². The standard InChI is InChI=1S/C18H17ClN4O3S2/c1-12-16(27-17(19)20-12)28(25,26)23(2)15-10-8-14(9-11-15)22-18(24)21-13-6-4-3-5-7-13/h3-11H,1-2H3,(H2,21,22,24). The Morgan fingerprint density at radius 3 is 2.14 bits per heavy atom. The minimum atomic E-state index is -3.77. The summed E-state index contributed by atoms with van der Waals surface area (Å²) >= 11 is 6.74. The number of benzene rings is 2. The van der Waals surface area contributed by atoms with Gasteiger partial charge in [-0.3, -0.25) is 4.31 Å². The fraction of sp³-hybridized carbons (Fsp3) is 0.111. The largest absolute Gasteiger partial charge is 0.323 e. The molecule has 0 saturated heterocycles. The van der Waals surface area contributed by atoms with Crippen LogP contribution < -0.4 is 14.9 Å². The summed E-state index contributed by atoms with van der Waals surface area (Å²) in [4.78, 5) is 16.0. The number of nitrogens with zero attached hydrogens (tertiary/aromatic N) is 2. The van der Waals surface area contributed by atoms with E-state index < -0.39 is 16.1 Å². The Bertz CT molecular complexity index is 1080. The maximum absolute atomic E-state index is 12.8. The quantitative estimate of drug-likeness (QED) is 0.612. The van der Waals surface area contributed by atoms with E-state index in [9.17, 15) is 13.2 Å². The highest BCUT2D eigenvalue weighted by atomic mass is 35.5. The van der Waals surface area contributed by atoms with Gasteiger partial charge in [-0.1, -0.05) is 41.1 Å². The van der Waals surface area contributed by atoms with E-state index in [1.54, 1.807) is 43.3 Å². The average Bonchev–Trinajstić information content (AvgIpc) is 3.01. The Morgan fingerprint density at radius 1 is 1.04 bits per heavy atom. The number of hydrogen-bond acceptors (Lipinski definition) is 5. The Labute approximate surface area is 172 Å². The summed E-state index contributed by atoms with van der Waals surface area (Å²) in [5.74, 6) is 0. The number of carbonyl (C=O) groups excluding carboxylic acids is 1. The lowest BCUT2D eigenvalue weighted by Gasteiger charge is -2.19. The number of nitrogens with one attached hydrogen (secondary N) is 2. The van der Waals surface area contributed by atoms with Crippen molar-refractivity contribution in [3.05, 3.63) is 64.8 Å². The van der Waals surface area contributed by atoms with Gasteiger partial charge in [0.15, 0.2) is 8.68 Å². The van der Waals surface area contributed by atoms with E-state index >= 15 is 0 Å². The molecule has 10 heteroatoms. The molecule has 0 atom stereocenters. The minimum absolute atomic E-state index is 0.101. The van der Waals surface area contributed by atoms with Crippen LogP contribution in [0.5, 0.6) is 0 Å². The molecule has 0 spiro atoms. The normalized spacial score (nSPS) is 11.1. The molecular formula is C18H17ClN4O3S2. The second kappa shape index (κ2) is 8.17. The summed E-state index contributed by atoms with van der Waals surface area (Å²) in [5.41, 5.74) is 2.00. The highest BCUT2D eigenvalue weighted by Gasteiger charge is 2.26. The number of carbonyl (C=O) groups is 1. The monoisotopic (exact) mass is 436 g/mol. The summed E-state index contributed by atoms with van der Waals surface area (Å²) in [6.07, 6.45) is 0. The number of hydrogen-bond donors (Lipinski definition) is 2. The van der Waals surface area contributed by atoms with E-state index in [1.165, 1.54) is 7.05 Å². The lowest BCUT2D eigenvalue weighted by molar-refractivity contribution is 0.262. The predicted molar refractivity (Wildman–Crippen MR) is 113 cm³/mol. The van der Waals surface area contributed by atoms with Gasteiger partial charge in [0.25, 0.3) is 10.0 Å². The van der Waals surface area contributed by atoms with Gasteiger partial charge in [0.2, 0.25) is 0 Å². The number of sulfonamides is 1. The molecule has 0 unspecified atom stereocenters. The van der Waals surface area contributed by atoms with Crippen LogP contribution in [0.4, 0.5) is 21.9 Å². The molecule has 2 aromatic carbocycles. The third-order valence-corrected chi connectivity index (χ3v) is 7.48. The molecule has 0 radical (unpaired) electrons. The third kappa shape index (κ3) is 4.44. The lowest BCUT2D eigenvalue weighted by Crippen LogP contribution is -2.26. The average molecular weight is 437 g/mol. The maximum Gasteiger partial charge on any atom is 0.323 e. The van der Waals surface area contributed by atoms with Crippen molar-refractivity contribution in [1.82, 2.24) is 4.98 Å². The van der Waals surface area contributed by atoms with E-state index in [1.807, 2.05) is 18.2 Å². The number of aromatic nitrogens is 1. The zero-order valence-electron chi connectivity index (χ0n) is 15.0. The smallest absolute Gasteiger partial charge is 0.308 e. The lowest BCUT2D eigenvalue weighted by atomic mass is 10.3. The van der Waals surface area contributed by atoms with E-state index in [0.29, 0.717) is 22.8 Å². The van der Waals surface area contributed by atoms with E-state index in [0.717, 1.165) is 15.6 Å². The second-order valence-electron chi connectivity index (χ2n) is 5.80. The topological polar surface area (TPSA) is 91.4 Å². The molecule has 0 bridgehead atoms. The number of para-hydroxylation sites is 1. The summed E-state index contributed by atoms with van der Waals surface area (Å²) in [6, 6.07) is 15.1. The summed E-state index contributed by atoms with van der Waals surface area (Å²) < 4.78 is 27.0. The van der Waals surface area contributed by atoms with Crippen LogP contribution in [0.3, 0.4) is 0 Å². The van der Waals surface area contributed by atoms with Crippen molar-refractivity contribution in [2.24, 2.45) is 0 Å². The Balaban J connectivity index is 1.71. The molecule has 3 rings (SSSR count). The maximum atomic E-state index is 12.8. The van der Waals surface area contributed by atoms with Crippen LogP contribution in [0, 0.1) is 6.92 Å². The van der Waals surface area contributed by atoms with Crippen molar-refractivity contribution in [2.75, 3.05) is 22.0 Å². The van der Waals surface area contributed by atoms with Gasteiger partial charge in [0, 0.05) is 18.4 Å². The number of urea groups is 1. The summed E-state index contributed by atoms with van der Waals surface area (Å²) in [7, 11) is -2.32. The predicted octanol–water partition coefficient (Wildman–Crippen LogP) is 4.57. The highest BCUT2D eigenvalue weighted by molar-refractivity contribution is 7.94. The van der Waals surface area contributed by atoms with Crippen LogP contribution in [-0.2, 0) is 10.0 Å². The number of rotatable bonds is 5. The van der Waals surface area contributed by atoms with Crippen LogP contribution in [0.2, 0.25) is 4.47 Å². The Kier molecular flexibility index (Phi) is 5.87. The molecule has 0 aliphatic rings. The van der Waals surface area contributed by atoms with Crippen molar-refractivity contribution in [3.8, 4) is 0 Å². The van der Waals surface area contributed by atoms with E-state index in [4.69, 9.17) is 11.6 Å². The van der Waals surface area contributed by atoms with Gasteiger partial charge >= 0.3 is 6.03 Å². The first kappa shape index (κ1) is 20.1. The molecule has 1 heterocycles. The fourth-order valence-electron chi connectivity index (χ4n) is 2.42. The summed E-state index contributed by atoms with van der Waals surface area (Å²) in [6.45, 7) is 1.60. The molecule has 7 nitrogen and oxygen atoms in total. The molecule has 146 valence electrons. The third-order valence-electron chi connectivity index (χ3n) is 3.84. The zero-order valence-corrected chi connectivity index (χ0v) is 17.4. The Hall–Kier alpha value is -2.62. The molecule has 0 aliphatic heterocycles. The van der Waals surface area contributed by atoms with Gasteiger partial charge in [0.1, 0.15) is 0 Å². The zero-order chi connectivity index (χ0) is 20.3. The van der Waals surface area contributed by atoms with Crippen molar-refractivity contribution < 1.29 is 13.2 Å². The first-order valence-electron chi connectivity index (χ1n) is 8.12. The highest BCUT2D eigenvalue weighted by Crippen LogP contribution is 2.31. The van der Waals surface area contributed by atoms with Gasteiger partial charge in [-0.25, -0.2) is 18.2 Å². The van der Waals surface area contributed by atoms with Crippen LogP contribution in [-0.4, -0.2) is 26.5 Å². The van der Waals surface area contributed by atoms with Gasteiger partial charge in [-0.05, 0) is 43.3 Å². The van der Waals surface area contributed by atoms with Crippen LogP contribution >= 0.6 is 22.9 Å². The van der Waals surface area contributed by atoms with Crippen molar-refractivity contribution in [2.45, 2.75) is 11.1 Å². The molecule has 2 amide bonds. The van der Waals surface area contributed by atoms with E-state index in [-0.39, 0.29) is 8.68 Å². The number of halogens is 1. The molecular weight excluding hydrogens is 420 g/mol. The van der Waals surface area contributed by atoms with Gasteiger partial charge < -0.3 is 10.6 Å². The number of thiazole rings is 1.